The minimum atomic E-state index is -0.163. The van der Waals surface area contributed by atoms with Crippen molar-refractivity contribution in [1.82, 2.24) is 4.90 Å². The lowest BCUT2D eigenvalue weighted by Gasteiger charge is -2.35. The minimum Gasteiger partial charge on any atom is -0.497 e. The van der Waals surface area contributed by atoms with E-state index in [9.17, 15) is 4.79 Å². The molecule has 0 aliphatic carbocycles. The van der Waals surface area contributed by atoms with Crippen molar-refractivity contribution in [2.75, 3.05) is 13.7 Å². The molecule has 1 heterocycles. The molecule has 0 aromatic heterocycles. The number of piperidine rings is 1. The van der Waals surface area contributed by atoms with Gasteiger partial charge in [-0.1, -0.05) is 42.5 Å². The molecule has 0 bridgehead atoms. The number of nitrogens with zero attached hydrogens (tertiary/aromatic N) is 1. The van der Waals surface area contributed by atoms with E-state index in [1.54, 1.807) is 7.11 Å². The molecule has 2 aromatic rings. The fourth-order valence-electron chi connectivity index (χ4n) is 3.12. The van der Waals surface area contributed by atoms with Crippen LogP contribution in [-0.4, -0.2) is 24.3 Å². The lowest BCUT2D eigenvalue weighted by Crippen LogP contribution is -2.38. The van der Waals surface area contributed by atoms with E-state index in [-0.39, 0.29) is 6.04 Å². The monoisotopic (exact) mass is 295 g/mol. The second-order valence-corrected chi connectivity index (χ2v) is 5.71. The quantitative estimate of drug-likeness (QED) is 0.863. The van der Waals surface area contributed by atoms with Gasteiger partial charge in [0.25, 0.3) is 0 Å². The molecule has 3 nitrogen and oxygen atoms in total. The molecular weight excluding hydrogens is 274 g/mol. The highest BCUT2D eigenvalue weighted by atomic mass is 16.5. The van der Waals surface area contributed by atoms with Gasteiger partial charge in [0.15, 0.2) is 5.78 Å². The van der Waals surface area contributed by atoms with Crippen molar-refractivity contribution in [3.8, 4) is 5.75 Å². The summed E-state index contributed by atoms with van der Waals surface area (Å²) < 4.78 is 5.30. The van der Waals surface area contributed by atoms with E-state index in [0.717, 1.165) is 30.8 Å². The summed E-state index contributed by atoms with van der Waals surface area (Å²) in [5, 5.41) is 0. The van der Waals surface area contributed by atoms with Crippen LogP contribution in [0, 0.1) is 0 Å². The summed E-state index contributed by atoms with van der Waals surface area (Å²) in [7, 11) is 1.66. The largest absolute Gasteiger partial charge is 0.497 e. The predicted molar refractivity (Wildman–Crippen MR) is 86.8 cm³/mol. The zero-order valence-electron chi connectivity index (χ0n) is 12.9. The molecule has 1 unspecified atom stereocenters. The van der Waals surface area contributed by atoms with Crippen molar-refractivity contribution in [2.24, 2.45) is 0 Å². The van der Waals surface area contributed by atoms with Gasteiger partial charge >= 0.3 is 0 Å². The summed E-state index contributed by atoms with van der Waals surface area (Å²) >= 11 is 0. The van der Waals surface area contributed by atoms with Crippen molar-refractivity contribution in [2.45, 2.75) is 25.4 Å². The molecule has 1 saturated heterocycles. The third kappa shape index (κ3) is 3.20. The number of ketones is 1. The third-order valence-electron chi connectivity index (χ3n) is 4.18. The van der Waals surface area contributed by atoms with E-state index in [2.05, 4.69) is 17.0 Å². The molecule has 2 aromatic carbocycles. The highest BCUT2D eigenvalue weighted by Gasteiger charge is 2.31. The molecule has 3 heteroatoms. The highest BCUT2D eigenvalue weighted by molar-refractivity contribution is 5.86. The van der Waals surface area contributed by atoms with Gasteiger partial charge < -0.3 is 4.74 Å². The molecule has 22 heavy (non-hydrogen) atoms. The topological polar surface area (TPSA) is 29.5 Å². The molecule has 114 valence electrons. The van der Waals surface area contributed by atoms with Crippen LogP contribution in [0.15, 0.2) is 54.6 Å². The second kappa shape index (κ2) is 6.75. The zero-order chi connectivity index (χ0) is 15.4. The van der Waals surface area contributed by atoms with E-state index in [1.165, 1.54) is 5.56 Å². The van der Waals surface area contributed by atoms with Crippen LogP contribution in [0.25, 0.3) is 0 Å². The SMILES string of the molecule is COc1cccc(C2C(=O)CCCN2Cc2ccccc2)c1. The van der Waals surface area contributed by atoms with Crippen molar-refractivity contribution < 1.29 is 9.53 Å². The Hall–Kier alpha value is -2.13. The van der Waals surface area contributed by atoms with Crippen LogP contribution in [0.4, 0.5) is 0 Å². The molecular formula is C19H21NO2. The molecule has 0 spiro atoms. The molecule has 3 rings (SSSR count). The standard InChI is InChI=1S/C19H21NO2/c1-22-17-10-5-9-16(13-17)19-18(21)11-6-12-20(19)14-15-7-3-2-4-8-15/h2-5,7-10,13,19H,6,11-12,14H2,1H3. The first kappa shape index (κ1) is 14.8. The first-order valence-corrected chi connectivity index (χ1v) is 7.72. The Morgan fingerprint density at radius 1 is 1.14 bits per heavy atom. The summed E-state index contributed by atoms with van der Waals surface area (Å²) in [4.78, 5) is 14.8. The van der Waals surface area contributed by atoms with E-state index >= 15 is 0 Å². The van der Waals surface area contributed by atoms with Gasteiger partial charge in [0.1, 0.15) is 5.75 Å². The van der Waals surface area contributed by atoms with Gasteiger partial charge in [0.2, 0.25) is 0 Å². The number of ether oxygens (including phenoxy) is 1. The maximum Gasteiger partial charge on any atom is 0.154 e. The minimum absolute atomic E-state index is 0.163. The second-order valence-electron chi connectivity index (χ2n) is 5.71. The van der Waals surface area contributed by atoms with E-state index in [1.807, 2.05) is 42.5 Å². The van der Waals surface area contributed by atoms with Crippen LogP contribution in [0.3, 0.4) is 0 Å². The Kier molecular flexibility index (Phi) is 4.54. The fraction of sp³-hybridized carbons (Fsp3) is 0.316. The van der Waals surface area contributed by atoms with Crippen LogP contribution in [-0.2, 0) is 11.3 Å². The molecule has 1 atom stereocenters. The third-order valence-corrected chi connectivity index (χ3v) is 4.18. The molecule has 1 fully saturated rings. The summed E-state index contributed by atoms with van der Waals surface area (Å²) in [6, 6.07) is 18.0. The van der Waals surface area contributed by atoms with Gasteiger partial charge in [0, 0.05) is 13.0 Å². The Morgan fingerprint density at radius 3 is 2.73 bits per heavy atom. The van der Waals surface area contributed by atoms with E-state index < -0.39 is 0 Å². The summed E-state index contributed by atoms with van der Waals surface area (Å²) in [6.07, 6.45) is 1.60. The van der Waals surface area contributed by atoms with Gasteiger partial charge in [0.05, 0.1) is 13.2 Å². The van der Waals surface area contributed by atoms with Crippen LogP contribution in [0.1, 0.15) is 30.0 Å². The smallest absolute Gasteiger partial charge is 0.154 e. The van der Waals surface area contributed by atoms with Crippen LogP contribution >= 0.6 is 0 Å². The van der Waals surface area contributed by atoms with Gasteiger partial charge in [-0.3, -0.25) is 9.69 Å². The maximum absolute atomic E-state index is 12.5. The van der Waals surface area contributed by atoms with Crippen molar-refractivity contribution in [1.29, 1.82) is 0 Å². The average Bonchev–Trinajstić information content (AvgIpc) is 2.56. The number of rotatable bonds is 4. The molecule has 0 N–H and O–H groups in total. The fourth-order valence-corrected chi connectivity index (χ4v) is 3.12. The van der Waals surface area contributed by atoms with Gasteiger partial charge in [-0.2, -0.15) is 0 Å². The number of methoxy groups -OCH3 is 1. The van der Waals surface area contributed by atoms with Crippen LogP contribution < -0.4 is 4.74 Å². The number of carbonyl (C=O) groups excluding carboxylic acids is 1. The molecule has 1 aliphatic rings. The van der Waals surface area contributed by atoms with Gasteiger partial charge in [-0.15, -0.1) is 0 Å². The Morgan fingerprint density at radius 2 is 1.95 bits per heavy atom. The zero-order valence-corrected chi connectivity index (χ0v) is 12.9. The molecule has 0 amide bonds. The van der Waals surface area contributed by atoms with Gasteiger partial charge in [-0.25, -0.2) is 0 Å². The van der Waals surface area contributed by atoms with Crippen LogP contribution in [0.5, 0.6) is 5.75 Å². The number of carbonyl (C=O) groups is 1. The average molecular weight is 295 g/mol. The highest BCUT2D eigenvalue weighted by Crippen LogP contribution is 2.31. The number of Topliss-reactive ketones (excluding diaryl/α,β-unsaturated/α-hetero) is 1. The molecule has 0 radical (unpaired) electrons. The van der Waals surface area contributed by atoms with Crippen LogP contribution in [0.2, 0.25) is 0 Å². The van der Waals surface area contributed by atoms with Crippen molar-refractivity contribution >= 4 is 5.78 Å². The van der Waals surface area contributed by atoms with Crippen molar-refractivity contribution in [3.05, 3.63) is 65.7 Å². The van der Waals surface area contributed by atoms with Crippen molar-refractivity contribution in [3.63, 3.8) is 0 Å². The maximum atomic E-state index is 12.5. The molecule has 1 aliphatic heterocycles. The first-order valence-electron chi connectivity index (χ1n) is 7.72. The number of benzene rings is 2. The number of hydrogen-bond acceptors (Lipinski definition) is 3. The summed E-state index contributed by atoms with van der Waals surface area (Å²) in [5.74, 6) is 1.10. The first-order chi connectivity index (χ1) is 10.8. The Balaban J connectivity index is 1.88. The van der Waals surface area contributed by atoms with E-state index in [0.29, 0.717) is 12.2 Å². The van der Waals surface area contributed by atoms with Gasteiger partial charge in [-0.05, 0) is 36.2 Å². The lowest BCUT2D eigenvalue weighted by atomic mass is 9.93. The van der Waals surface area contributed by atoms with E-state index in [4.69, 9.17) is 4.74 Å². The summed E-state index contributed by atoms with van der Waals surface area (Å²) in [6.45, 7) is 1.75. The predicted octanol–water partition coefficient (Wildman–Crippen LogP) is 3.60. The number of hydrogen-bond donors (Lipinski definition) is 0. The Labute approximate surface area is 131 Å². The normalized spacial score (nSPS) is 19.1. The summed E-state index contributed by atoms with van der Waals surface area (Å²) in [5.41, 5.74) is 2.27. The lowest BCUT2D eigenvalue weighted by molar-refractivity contribution is -0.127. The number of likely N-dealkylation sites (tertiary alicyclic amines) is 1. The Bertz CT molecular complexity index is 639. The molecule has 0 saturated carbocycles.